The Labute approximate surface area is 191 Å². The zero-order valence-electron chi connectivity index (χ0n) is 17.3. The van der Waals surface area contributed by atoms with Gasteiger partial charge in [0.25, 0.3) is 5.56 Å². The molecule has 1 aliphatic carbocycles. The number of halogens is 1. The second-order valence-corrected chi connectivity index (χ2v) is 8.23. The Kier molecular flexibility index (Phi) is 5.11. The van der Waals surface area contributed by atoms with Gasteiger partial charge in [-0.3, -0.25) is 9.36 Å². The van der Waals surface area contributed by atoms with Crippen molar-refractivity contribution in [3.63, 3.8) is 0 Å². The van der Waals surface area contributed by atoms with Gasteiger partial charge < -0.3 is 9.88 Å². The van der Waals surface area contributed by atoms with Crippen molar-refractivity contribution in [1.29, 1.82) is 5.26 Å². The third-order valence-electron chi connectivity index (χ3n) is 5.52. The topological polar surface area (TPSA) is 108 Å². The summed E-state index contributed by atoms with van der Waals surface area (Å²) in [4.78, 5) is 27.2. The summed E-state index contributed by atoms with van der Waals surface area (Å²) < 4.78 is 3.97. The first-order valence-corrected chi connectivity index (χ1v) is 11.0. The highest BCUT2D eigenvalue weighted by molar-refractivity contribution is 9.10. The smallest absolute Gasteiger partial charge is 0.283 e. The first-order chi connectivity index (χ1) is 15.6. The predicted octanol–water partition coefficient (Wildman–Crippen LogP) is 3.62. The molecular formula is C22H19BrN8O. The van der Waals surface area contributed by atoms with Gasteiger partial charge in [-0.1, -0.05) is 12.2 Å². The van der Waals surface area contributed by atoms with Gasteiger partial charge in [-0.05, 0) is 47.8 Å². The minimum Gasteiger partial charge on any atom is -0.349 e. The number of hydrogen-bond donors (Lipinski definition) is 1. The Morgan fingerprint density at radius 3 is 2.97 bits per heavy atom. The Balaban J connectivity index is 1.69. The standard InChI is InChI=1S/C22H19BrN8O/c1-2-29(21-18-14(10-24)11-25-20(18)26-13-27-21)12-17-28-30-9-8-16(23)19(30)22(32)31(17)15-6-4-3-5-7-15/h4,6-9,11,13H,2-3,5,12H2,1H3,(H,25,26,27). The maximum atomic E-state index is 13.5. The van der Waals surface area contributed by atoms with Gasteiger partial charge >= 0.3 is 0 Å². The number of anilines is 1. The van der Waals surface area contributed by atoms with E-state index in [2.05, 4.69) is 49.1 Å². The van der Waals surface area contributed by atoms with Crippen LogP contribution in [0.3, 0.4) is 0 Å². The van der Waals surface area contributed by atoms with E-state index >= 15 is 0 Å². The molecule has 32 heavy (non-hydrogen) atoms. The van der Waals surface area contributed by atoms with Crippen molar-refractivity contribution in [2.75, 3.05) is 11.4 Å². The van der Waals surface area contributed by atoms with Gasteiger partial charge in [0.2, 0.25) is 0 Å². The van der Waals surface area contributed by atoms with E-state index in [1.807, 2.05) is 24.0 Å². The van der Waals surface area contributed by atoms with Gasteiger partial charge in [0.1, 0.15) is 29.4 Å². The SMILES string of the molecule is CCN(Cc1nn2ccc(Br)c2c(=O)n1C1=CCCC=C1)c1ncnc2[nH]cc(C#N)c12. The van der Waals surface area contributed by atoms with Crippen molar-refractivity contribution < 1.29 is 0 Å². The molecule has 0 unspecified atom stereocenters. The van der Waals surface area contributed by atoms with Crippen LogP contribution in [0.5, 0.6) is 0 Å². The number of aromatic nitrogens is 6. The van der Waals surface area contributed by atoms with E-state index in [-0.39, 0.29) is 5.56 Å². The summed E-state index contributed by atoms with van der Waals surface area (Å²) in [7, 11) is 0. The van der Waals surface area contributed by atoms with Gasteiger partial charge in [-0.15, -0.1) is 0 Å². The highest BCUT2D eigenvalue weighted by Gasteiger charge is 2.21. The van der Waals surface area contributed by atoms with Crippen LogP contribution in [0.15, 0.2) is 52.3 Å². The van der Waals surface area contributed by atoms with Crippen LogP contribution in [0, 0.1) is 11.3 Å². The van der Waals surface area contributed by atoms with E-state index < -0.39 is 0 Å². The molecule has 4 aromatic heterocycles. The number of rotatable bonds is 5. The lowest BCUT2D eigenvalue weighted by Crippen LogP contribution is -2.32. The summed E-state index contributed by atoms with van der Waals surface area (Å²) in [6.45, 7) is 2.92. The summed E-state index contributed by atoms with van der Waals surface area (Å²) in [6, 6.07) is 4.01. The molecule has 1 N–H and O–H groups in total. The summed E-state index contributed by atoms with van der Waals surface area (Å²) >= 11 is 3.47. The molecule has 1 aliphatic rings. The molecule has 0 spiro atoms. The van der Waals surface area contributed by atoms with Gasteiger partial charge in [0, 0.05) is 24.6 Å². The highest BCUT2D eigenvalue weighted by atomic mass is 79.9. The molecule has 0 bridgehead atoms. The van der Waals surface area contributed by atoms with Crippen LogP contribution in [0.25, 0.3) is 22.2 Å². The highest BCUT2D eigenvalue weighted by Crippen LogP contribution is 2.27. The molecule has 4 heterocycles. The number of aromatic amines is 1. The Morgan fingerprint density at radius 2 is 2.22 bits per heavy atom. The number of hydrogen-bond acceptors (Lipinski definition) is 6. The van der Waals surface area contributed by atoms with Crippen LogP contribution in [0.1, 0.15) is 31.2 Å². The fourth-order valence-corrected chi connectivity index (χ4v) is 4.46. The molecule has 4 aromatic rings. The molecule has 5 rings (SSSR count). The quantitative estimate of drug-likeness (QED) is 0.457. The van der Waals surface area contributed by atoms with Crippen molar-refractivity contribution in [3.05, 3.63) is 69.2 Å². The molecular weight excluding hydrogens is 472 g/mol. The molecule has 0 saturated carbocycles. The van der Waals surface area contributed by atoms with Crippen LogP contribution >= 0.6 is 15.9 Å². The maximum absolute atomic E-state index is 13.5. The average molecular weight is 491 g/mol. The summed E-state index contributed by atoms with van der Waals surface area (Å²) in [5.41, 5.74) is 2.22. The van der Waals surface area contributed by atoms with E-state index in [1.54, 1.807) is 21.5 Å². The number of nitriles is 1. The van der Waals surface area contributed by atoms with E-state index in [9.17, 15) is 10.1 Å². The fraction of sp³-hybridized carbons (Fsp3) is 0.227. The number of fused-ring (bicyclic) bond motifs is 2. The first kappa shape index (κ1) is 20.2. The lowest BCUT2D eigenvalue weighted by Gasteiger charge is -2.24. The van der Waals surface area contributed by atoms with Gasteiger partial charge in [-0.25, -0.2) is 14.5 Å². The van der Waals surface area contributed by atoms with Crippen LogP contribution in [-0.4, -0.2) is 35.7 Å². The number of nitrogens with one attached hydrogen (secondary N) is 1. The third-order valence-corrected chi connectivity index (χ3v) is 6.16. The number of H-pyrrole nitrogens is 1. The summed E-state index contributed by atoms with van der Waals surface area (Å²) in [5, 5.41) is 15.0. The summed E-state index contributed by atoms with van der Waals surface area (Å²) in [5.74, 6) is 1.20. The zero-order chi connectivity index (χ0) is 22.2. The largest absolute Gasteiger partial charge is 0.349 e. The van der Waals surface area contributed by atoms with Crippen LogP contribution in [0.2, 0.25) is 0 Å². The van der Waals surface area contributed by atoms with Crippen molar-refractivity contribution in [2.24, 2.45) is 0 Å². The molecule has 0 aliphatic heterocycles. The van der Waals surface area contributed by atoms with Crippen molar-refractivity contribution in [3.8, 4) is 6.07 Å². The van der Waals surface area contributed by atoms with Crippen molar-refractivity contribution in [2.45, 2.75) is 26.3 Å². The minimum absolute atomic E-state index is 0.145. The fourth-order valence-electron chi connectivity index (χ4n) is 3.99. The van der Waals surface area contributed by atoms with Gasteiger partial charge in [0.15, 0.2) is 5.82 Å². The van der Waals surface area contributed by atoms with Gasteiger partial charge in [0.05, 0.1) is 22.0 Å². The molecule has 0 radical (unpaired) electrons. The lowest BCUT2D eigenvalue weighted by atomic mass is 10.1. The molecule has 0 fully saturated rings. The van der Waals surface area contributed by atoms with Gasteiger partial charge in [-0.2, -0.15) is 10.4 Å². The lowest BCUT2D eigenvalue weighted by molar-refractivity contribution is 0.690. The monoisotopic (exact) mass is 490 g/mol. The molecule has 10 heteroatoms. The number of allylic oxidation sites excluding steroid dienone is 4. The van der Waals surface area contributed by atoms with E-state index in [0.717, 1.165) is 18.5 Å². The van der Waals surface area contributed by atoms with E-state index in [0.29, 0.717) is 51.3 Å². The Bertz CT molecular complexity index is 1500. The Hall–Kier alpha value is -3.71. The molecule has 0 amide bonds. The summed E-state index contributed by atoms with van der Waals surface area (Å²) in [6.07, 6.45) is 12.8. The second-order valence-electron chi connectivity index (χ2n) is 7.37. The maximum Gasteiger partial charge on any atom is 0.283 e. The molecule has 9 nitrogen and oxygen atoms in total. The number of nitrogens with zero attached hydrogens (tertiary/aromatic N) is 7. The van der Waals surface area contributed by atoms with E-state index in [4.69, 9.17) is 5.10 Å². The zero-order valence-corrected chi connectivity index (χ0v) is 18.9. The van der Waals surface area contributed by atoms with Crippen LogP contribution < -0.4 is 10.5 Å². The third kappa shape index (κ3) is 3.22. The predicted molar refractivity (Wildman–Crippen MR) is 125 cm³/mol. The second kappa shape index (κ2) is 8.09. The molecule has 0 atom stereocenters. The van der Waals surface area contributed by atoms with Crippen molar-refractivity contribution >= 4 is 44.0 Å². The van der Waals surface area contributed by atoms with Crippen LogP contribution in [-0.2, 0) is 6.54 Å². The van der Waals surface area contributed by atoms with E-state index in [1.165, 1.54) is 6.33 Å². The normalized spacial score (nSPS) is 13.5. The molecule has 0 aromatic carbocycles. The molecule has 160 valence electrons. The van der Waals surface area contributed by atoms with Crippen LogP contribution in [0.4, 0.5) is 5.82 Å². The first-order valence-electron chi connectivity index (χ1n) is 10.2. The average Bonchev–Trinajstić information content (AvgIpc) is 3.41. The minimum atomic E-state index is -0.145. The molecule has 0 saturated heterocycles. The Morgan fingerprint density at radius 1 is 1.34 bits per heavy atom. The van der Waals surface area contributed by atoms with Crippen molar-refractivity contribution in [1.82, 2.24) is 29.1 Å².